The fraction of sp³-hybridized carbons (Fsp3) is 0. The maximum absolute atomic E-state index is 12.0. The monoisotopic (exact) mass is 460 g/mol. The molecule has 0 atom stereocenters. The molecule has 5 nitrogen and oxygen atoms in total. The molecule has 0 aliphatic rings. The van der Waals surface area contributed by atoms with E-state index in [0.717, 1.165) is 3.57 Å². The van der Waals surface area contributed by atoms with Gasteiger partial charge in [-0.15, -0.1) is 0 Å². The minimum atomic E-state index is -1.08. The smallest absolute Gasteiger partial charge is 0.335 e. The number of carboxylic acid groups (broad SMARTS) is 1. The van der Waals surface area contributed by atoms with Crippen molar-refractivity contribution in [1.29, 1.82) is 0 Å². The number of hydrogen-bond acceptors (Lipinski definition) is 3. The van der Waals surface area contributed by atoms with Gasteiger partial charge < -0.3 is 10.4 Å². The summed E-state index contributed by atoms with van der Waals surface area (Å²) in [6.45, 7) is 0. The van der Waals surface area contributed by atoms with E-state index < -0.39 is 5.97 Å². The Morgan fingerprint density at radius 1 is 1.09 bits per heavy atom. The SMILES string of the molecule is O=C(O)c1ccc(Cl)c(NC(=S)NC(=O)c2ccc(I)cc2)c1. The number of nitrogens with one attached hydrogen (secondary N) is 2. The zero-order chi connectivity index (χ0) is 17.0. The zero-order valence-corrected chi connectivity index (χ0v) is 15.2. The molecule has 0 unspecified atom stereocenters. The van der Waals surface area contributed by atoms with Crippen LogP contribution in [0.25, 0.3) is 0 Å². The number of anilines is 1. The van der Waals surface area contributed by atoms with E-state index in [9.17, 15) is 9.59 Å². The molecule has 3 N–H and O–H groups in total. The molecule has 1 amide bonds. The summed E-state index contributed by atoms with van der Waals surface area (Å²) in [5.41, 5.74) is 0.822. The lowest BCUT2D eigenvalue weighted by atomic mass is 10.2. The van der Waals surface area contributed by atoms with Gasteiger partial charge in [0.1, 0.15) is 0 Å². The van der Waals surface area contributed by atoms with Crippen LogP contribution in [0.5, 0.6) is 0 Å². The number of carbonyl (C=O) groups is 2. The van der Waals surface area contributed by atoms with E-state index in [1.807, 2.05) is 0 Å². The van der Waals surface area contributed by atoms with Gasteiger partial charge in [0.25, 0.3) is 5.91 Å². The molecular weight excluding hydrogens is 451 g/mol. The largest absolute Gasteiger partial charge is 0.478 e. The van der Waals surface area contributed by atoms with E-state index in [-0.39, 0.29) is 16.6 Å². The lowest BCUT2D eigenvalue weighted by Gasteiger charge is -2.11. The standard InChI is InChI=1S/C15H10ClIN2O3S/c16-11-6-3-9(14(21)22)7-12(11)18-15(23)19-13(20)8-1-4-10(17)5-2-8/h1-7H,(H,21,22)(H2,18,19,20,23). The van der Waals surface area contributed by atoms with Gasteiger partial charge in [0, 0.05) is 9.13 Å². The molecule has 0 aromatic heterocycles. The van der Waals surface area contributed by atoms with E-state index in [0.29, 0.717) is 16.3 Å². The number of carboxylic acids is 1. The topological polar surface area (TPSA) is 78.4 Å². The summed E-state index contributed by atoms with van der Waals surface area (Å²) >= 11 is 13.2. The summed E-state index contributed by atoms with van der Waals surface area (Å²) in [4.78, 5) is 23.0. The van der Waals surface area contributed by atoms with Crippen LogP contribution in [0.4, 0.5) is 5.69 Å². The highest BCUT2D eigenvalue weighted by molar-refractivity contribution is 14.1. The first kappa shape index (κ1) is 17.6. The quantitative estimate of drug-likeness (QED) is 0.480. The van der Waals surface area contributed by atoms with Gasteiger partial charge >= 0.3 is 5.97 Å². The van der Waals surface area contributed by atoms with Crippen LogP contribution in [0.1, 0.15) is 20.7 Å². The summed E-state index contributed by atoms with van der Waals surface area (Å²) < 4.78 is 1.01. The van der Waals surface area contributed by atoms with Crippen LogP contribution in [0.15, 0.2) is 42.5 Å². The molecule has 0 spiro atoms. The Kier molecular flexibility index (Phi) is 5.91. The predicted molar refractivity (Wildman–Crippen MR) is 101 cm³/mol. The highest BCUT2D eigenvalue weighted by Crippen LogP contribution is 2.23. The molecule has 0 bridgehead atoms. The molecule has 0 radical (unpaired) electrons. The third-order valence-corrected chi connectivity index (χ3v) is 4.05. The lowest BCUT2D eigenvalue weighted by Crippen LogP contribution is -2.34. The highest BCUT2D eigenvalue weighted by Gasteiger charge is 2.11. The van der Waals surface area contributed by atoms with Gasteiger partial charge in [0.05, 0.1) is 16.3 Å². The second kappa shape index (κ2) is 7.71. The van der Waals surface area contributed by atoms with Crippen LogP contribution < -0.4 is 10.6 Å². The summed E-state index contributed by atoms with van der Waals surface area (Å²) in [7, 11) is 0. The third-order valence-electron chi connectivity index (χ3n) is 2.79. The molecule has 0 saturated carbocycles. The highest BCUT2D eigenvalue weighted by atomic mass is 127. The Bertz CT molecular complexity index is 781. The Hall–Kier alpha value is -1.71. The van der Waals surface area contributed by atoms with Crippen LogP contribution in [0, 0.1) is 3.57 Å². The van der Waals surface area contributed by atoms with E-state index in [1.165, 1.54) is 18.2 Å². The number of halogens is 2. The number of carbonyl (C=O) groups excluding carboxylic acids is 1. The second-order valence-electron chi connectivity index (χ2n) is 4.41. The number of benzene rings is 2. The maximum atomic E-state index is 12.0. The fourth-order valence-electron chi connectivity index (χ4n) is 1.68. The molecule has 8 heteroatoms. The summed E-state index contributed by atoms with van der Waals surface area (Å²) in [6, 6.07) is 11.1. The van der Waals surface area contributed by atoms with Crippen molar-refractivity contribution in [1.82, 2.24) is 5.32 Å². The average molecular weight is 461 g/mol. The van der Waals surface area contributed by atoms with Crippen LogP contribution in [0.2, 0.25) is 5.02 Å². The molecule has 0 heterocycles. The maximum Gasteiger partial charge on any atom is 0.335 e. The van der Waals surface area contributed by atoms with Gasteiger partial charge in [0.2, 0.25) is 0 Å². The first-order chi connectivity index (χ1) is 10.9. The molecule has 2 rings (SSSR count). The molecule has 118 valence electrons. The minimum absolute atomic E-state index is 0.0259. The lowest BCUT2D eigenvalue weighted by molar-refractivity contribution is 0.0696. The van der Waals surface area contributed by atoms with Crippen LogP contribution in [0.3, 0.4) is 0 Å². The van der Waals surface area contributed by atoms with Gasteiger partial charge in [0.15, 0.2) is 5.11 Å². The van der Waals surface area contributed by atoms with Gasteiger partial charge in [-0.25, -0.2) is 4.79 Å². The van der Waals surface area contributed by atoms with E-state index in [1.54, 1.807) is 24.3 Å². The Morgan fingerprint density at radius 2 is 1.70 bits per heavy atom. The zero-order valence-electron chi connectivity index (χ0n) is 11.5. The van der Waals surface area contributed by atoms with Gasteiger partial charge in [-0.1, -0.05) is 11.6 Å². The first-order valence-electron chi connectivity index (χ1n) is 6.27. The van der Waals surface area contributed by atoms with Gasteiger partial charge in [-0.2, -0.15) is 0 Å². The van der Waals surface area contributed by atoms with Crippen molar-refractivity contribution in [2.24, 2.45) is 0 Å². The number of aromatic carboxylic acids is 1. The first-order valence-corrected chi connectivity index (χ1v) is 8.14. The van der Waals surface area contributed by atoms with Crippen LogP contribution >= 0.6 is 46.4 Å². The van der Waals surface area contributed by atoms with E-state index in [4.69, 9.17) is 28.9 Å². The number of amides is 1. The Labute approximate surface area is 156 Å². The van der Waals surface area contributed by atoms with E-state index >= 15 is 0 Å². The van der Waals surface area contributed by atoms with E-state index in [2.05, 4.69) is 33.2 Å². The van der Waals surface area contributed by atoms with Crippen molar-refractivity contribution < 1.29 is 14.7 Å². The number of hydrogen-bond donors (Lipinski definition) is 3. The fourth-order valence-corrected chi connectivity index (χ4v) is 2.41. The molecule has 0 saturated heterocycles. The predicted octanol–water partition coefficient (Wildman–Crippen LogP) is 3.77. The second-order valence-corrected chi connectivity index (χ2v) is 6.48. The van der Waals surface area contributed by atoms with Gasteiger partial charge in [-0.05, 0) is 77.3 Å². The Morgan fingerprint density at radius 3 is 2.30 bits per heavy atom. The van der Waals surface area contributed by atoms with Crippen molar-refractivity contribution in [2.75, 3.05) is 5.32 Å². The van der Waals surface area contributed by atoms with Crippen LogP contribution in [-0.2, 0) is 0 Å². The molecule has 2 aromatic carbocycles. The molecular formula is C15H10ClIN2O3S. The van der Waals surface area contributed by atoms with Crippen molar-refractivity contribution in [3.63, 3.8) is 0 Å². The molecule has 0 aliphatic carbocycles. The van der Waals surface area contributed by atoms with Crippen molar-refractivity contribution in [3.8, 4) is 0 Å². The molecule has 2 aromatic rings. The summed E-state index contributed by atoms with van der Waals surface area (Å²) in [5.74, 6) is -1.46. The van der Waals surface area contributed by atoms with Crippen molar-refractivity contribution >= 4 is 69.1 Å². The molecule has 0 aliphatic heterocycles. The normalized spacial score (nSPS) is 10.0. The van der Waals surface area contributed by atoms with Crippen LogP contribution in [-0.4, -0.2) is 22.1 Å². The van der Waals surface area contributed by atoms with Gasteiger partial charge in [-0.3, -0.25) is 10.1 Å². The average Bonchev–Trinajstić information content (AvgIpc) is 2.49. The molecule has 23 heavy (non-hydrogen) atoms. The third kappa shape index (κ3) is 4.88. The Balaban J connectivity index is 2.07. The minimum Gasteiger partial charge on any atom is -0.478 e. The summed E-state index contributed by atoms with van der Waals surface area (Å²) in [6.07, 6.45) is 0. The number of rotatable bonds is 3. The van der Waals surface area contributed by atoms with Crippen molar-refractivity contribution in [3.05, 3.63) is 62.2 Å². The summed E-state index contributed by atoms with van der Waals surface area (Å²) in [5, 5.41) is 14.5. The van der Waals surface area contributed by atoms with Crippen molar-refractivity contribution in [2.45, 2.75) is 0 Å². The molecule has 0 fully saturated rings. The number of thiocarbonyl (C=S) groups is 1.